The molecule has 1 aliphatic rings. The van der Waals surface area contributed by atoms with E-state index in [-0.39, 0.29) is 30.3 Å². The van der Waals surface area contributed by atoms with Gasteiger partial charge in [-0.2, -0.15) is 0 Å². The molecular formula is C18H20N2O7. The van der Waals surface area contributed by atoms with Crippen LogP contribution in [0.3, 0.4) is 0 Å². The Morgan fingerprint density at radius 3 is 2.33 bits per heavy atom. The Kier molecular flexibility index (Phi) is 4.85. The summed E-state index contributed by atoms with van der Waals surface area (Å²) in [6, 6.07) is 6.50. The van der Waals surface area contributed by atoms with E-state index in [1.165, 1.54) is 34.9 Å². The Bertz CT molecular complexity index is 857. The number of aromatic carboxylic acids is 1. The van der Waals surface area contributed by atoms with E-state index in [4.69, 9.17) is 4.74 Å². The van der Waals surface area contributed by atoms with Gasteiger partial charge in [0.1, 0.15) is 11.9 Å². The van der Waals surface area contributed by atoms with E-state index >= 15 is 0 Å². The number of ether oxygens (including phenoxy) is 1. The van der Waals surface area contributed by atoms with Crippen molar-refractivity contribution >= 4 is 17.6 Å². The smallest absolute Gasteiger partial charge is 0.335 e. The molecule has 0 fully saturated rings. The van der Waals surface area contributed by atoms with Crippen molar-refractivity contribution < 1.29 is 34.8 Å². The third kappa shape index (κ3) is 3.48. The molecule has 2 unspecified atom stereocenters. The van der Waals surface area contributed by atoms with Crippen molar-refractivity contribution in [2.75, 3.05) is 11.4 Å². The van der Waals surface area contributed by atoms with Crippen LogP contribution in [0.2, 0.25) is 0 Å². The van der Waals surface area contributed by atoms with Gasteiger partial charge in [0.2, 0.25) is 0 Å². The summed E-state index contributed by atoms with van der Waals surface area (Å²) < 4.78 is 7.11. The summed E-state index contributed by atoms with van der Waals surface area (Å²) in [5, 5.41) is 38.4. The zero-order valence-electron chi connectivity index (χ0n) is 14.6. The van der Waals surface area contributed by atoms with Crippen LogP contribution in [0, 0.1) is 0 Å². The molecule has 2 heterocycles. The number of carboxylic acids is 2. The highest BCUT2D eigenvalue weighted by Crippen LogP contribution is 2.39. The second-order valence-corrected chi connectivity index (χ2v) is 6.26. The lowest BCUT2D eigenvalue weighted by atomic mass is 10.0. The third-order valence-electron chi connectivity index (χ3n) is 4.64. The molecule has 0 radical (unpaired) electrons. The van der Waals surface area contributed by atoms with Gasteiger partial charge in [-0.1, -0.05) is 0 Å². The molecule has 0 bridgehead atoms. The average Bonchev–Trinajstić information content (AvgIpc) is 2.93. The van der Waals surface area contributed by atoms with Gasteiger partial charge in [-0.25, -0.2) is 4.79 Å². The molecule has 0 saturated heterocycles. The first-order chi connectivity index (χ1) is 12.8. The van der Waals surface area contributed by atoms with Gasteiger partial charge in [0, 0.05) is 18.7 Å². The summed E-state index contributed by atoms with van der Waals surface area (Å²) in [7, 11) is 0. The van der Waals surface area contributed by atoms with Gasteiger partial charge < -0.3 is 30.1 Å². The molecule has 4 N–H and O–H groups in total. The van der Waals surface area contributed by atoms with E-state index in [0.717, 1.165) is 0 Å². The molecule has 2 aromatic rings. The molecule has 0 aliphatic carbocycles. The van der Waals surface area contributed by atoms with Gasteiger partial charge in [0.25, 0.3) is 0 Å². The number of rotatable bonds is 6. The van der Waals surface area contributed by atoms with Crippen LogP contribution in [-0.2, 0) is 11.3 Å². The topological polar surface area (TPSA) is 132 Å². The summed E-state index contributed by atoms with van der Waals surface area (Å²) in [5.74, 6) is -2.07. The Morgan fingerprint density at radius 2 is 1.78 bits per heavy atom. The van der Waals surface area contributed by atoms with E-state index in [1.807, 2.05) is 11.8 Å². The molecule has 0 amide bonds. The van der Waals surface area contributed by atoms with Gasteiger partial charge in [0.15, 0.2) is 11.8 Å². The number of carboxylic acid groups (broad SMARTS) is 2. The number of benzene rings is 1. The van der Waals surface area contributed by atoms with Gasteiger partial charge >= 0.3 is 11.9 Å². The number of hydrogen-bond acceptors (Lipinski definition) is 6. The van der Waals surface area contributed by atoms with Crippen LogP contribution in [0.1, 0.15) is 23.7 Å². The van der Waals surface area contributed by atoms with Crippen LogP contribution in [0.25, 0.3) is 0 Å². The third-order valence-corrected chi connectivity index (χ3v) is 4.64. The number of aromatic nitrogens is 1. The van der Waals surface area contributed by atoms with Crippen LogP contribution in [0.5, 0.6) is 17.5 Å². The van der Waals surface area contributed by atoms with Crippen LogP contribution >= 0.6 is 0 Å². The lowest BCUT2D eigenvalue weighted by molar-refractivity contribution is -0.139. The fraction of sp³-hybridized carbons (Fsp3) is 0.333. The maximum Gasteiger partial charge on any atom is 0.335 e. The number of nitrogens with zero attached hydrogens (tertiary/aromatic N) is 2. The van der Waals surface area contributed by atoms with E-state index < -0.39 is 24.1 Å². The highest BCUT2D eigenvalue weighted by molar-refractivity contribution is 5.90. The lowest BCUT2D eigenvalue weighted by Gasteiger charge is -2.43. The van der Waals surface area contributed by atoms with Crippen molar-refractivity contribution in [2.45, 2.75) is 32.0 Å². The number of anilines is 1. The van der Waals surface area contributed by atoms with E-state index in [0.29, 0.717) is 18.0 Å². The largest absolute Gasteiger partial charge is 0.494 e. The summed E-state index contributed by atoms with van der Waals surface area (Å²) in [4.78, 5) is 24.5. The number of carbonyl (C=O) groups is 2. The molecule has 1 aliphatic heterocycles. The summed E-state index contributed by atoms with van der Waals surface area (Å²) in [6.07, 6.45) is -1.05. The molecule has 1 aromatic carbocycles. The zero-order valence-corrected chi connectivity index (χ0v) is 14.6. The van der Waals surface area contributed by atoms with Gasteiger partial charge in [0.05, 0.1) is 30.3 Å². The Labute approximate surface area is 154 Å². The SMILES string of the molecule is CCN1c2cc(C(=O)O)ccc2OC(CC(=O)O)C1Cn1c(O)ccc1O. The first-order valence-corrected chi connectivity index (χ1v) is 8.41. The van der Waals surface area contributed by atoms with Crippen LogP contribution in [-0.4, -0.2) is 55.6 Å². The molecule has 3 rings (SSSR count). The Morgan fingerprint density at radius 1 is 1.11 bits per heavy atom. The second-order valence-electron chi connectivity index (χ2n) is 6.26. The van der Waals surface area contributed by atoms with E-state index in [2.05, 4.69) is 0 Å². The monoisotopic (exact) mass is 376 g/mol. The number of aliphatic carboxylic acids is 1. The minimum absolute atomic E-state index is 0.0627. The predicted octanol–water partition coefficient (Wildman–Crippen LogP) is 1.73. The molecule has 27 heavy (non-hydrogen) atoms. The molecule has 0 saturated carbocycles. The van der Waals surface area contributed by atoms with Crippen LogP contribution in [0.4, 0.5) is 5.69 Å². The predicted molar refractivity (Wildman–Crippen MR) is 94.6 cm³/mol. The van der Waals surface area contributed by atoms with E-state index in [1.54, 1.807) is 0 Å². The minimum atomic E-state index is -1.08. The second kappa shape index (κ2) is 7.10. The van der Waals surface area contributed by atoms with Gasteiger partial charge in [-0.3, -0.25) is 9.36 Å². The normalized spacial score (nSPS) is 18.6. The minimum Gasteiger partial charge on any atom is -0.494 e. The zero-order chi connectivity index (χ0) is 19.7. The highest BCUT2D eigenvalue weighted by atomic mass is 16.5. The summed E-state index contributed by atoms with van der Waals surface area (Å²) in [6.45, 7) is 2.36. The van der Waals surface area contributed by atoms with Gasteiger partial charge in [-0.15, -0.1) is 0 Å². The van der Waals surface area contributed by atoms with E-state index in [9.17, 15) is 30.0 Å². The molecule has 2 atom stereocenters. The molecule has 0 spiro atoms. The lowest BCUT2D eigenvalue weighted by Crippen LogP contribution is -2.52. The highest BCUT2D eigenvalue weighted by Gasteiger charge is 2.37. The quantitative estimate of drug-likeness (QED) is 0.599. The first kappa shape index (κ1) is 18.4. The standard InChI is InChI=1S/C18H20N2O7/c1-2-19-11-7-10(18(25)26)3-4-13(11)27-14(8-17(23)24)12(19)9-20-15(21)5-6-16(20)22/h3-7,12,14,21-22H,2,8-9H2,1H3,(H,23,24)(H,25,26). The fourth-order valence-corrected chi connectivity index (χ4v) is 3.39. The van der Waals surface area contributed by atoms with Crippen LogP contribution < -0.4 is 9.64 Å². The molecule has 1 aromatic heterocycles. The van der Waals surface area contributed by atoms with Crippen molar-refractivity contribution in [1.82, 2.24) is 4.57 Å². The Hall–Kier alpha value is -3.36. The summed E-state index contributed by atoms with van der Waals surface area (Å²) >= 11 is 0. The maximum atomic E-state index is 11.3. The van der Waals surface area contributed by atoms with Crippen molar-refractivity contribution in [3.8, 4) is 17.5 Å². The maximum absolute atomic E-state index is 11.3. The number of fused-ring (bicyclic) bond motifs is 1. The molecule has 9 heteroatoms. The number of likely N-dealkylation sites (N-methyl/N-ethyl adjacent to an activating group) is 1. The van der Waals surface area contributed by atoms with Crippen LogP contribution in [0.15, 0.2) is 30.3 Å². The first-order valence-electron chi connectivity index (χ1n) is 8.41. The average molecular weight is 376 g/mol. The van der Waals surface area contributed by atoms with Crippen molar-refractivity contribution in [3.05, 3.63) is 35.9 Å². The van der Waals surface area contributed by atoms with Gasteiger partial charge in [-0.05, 0) is 25.1 Å². The van der Waals surface area contributed by atoms with Crippen molar-refractivity contribution in [3.63, 3.8) is 0 Å². The molecular weight excluding hydrogens is 356 g/mol. The number of hydrogen-bond donors (Lipinski definition) is 4. The summed E-state index contributed by atoms with van der Waals surface area (Å²) in [5.41, 5.74) is 0.605. The fourth-order valence-electron chi connectivity index (χ4n) is 3.39. The van der Waals surface area contributed by atoms with Crippen molar-refractivity contribution in [1.29, 1.82) is 0 Å². The number of aromatic hydroxyl groups is 2. The molecule has 9 nitrogen and oxygen atoms in total. The Balaban J connectivity index is 2.05. The van der Waals surface area contributed by atoms with Crippen molar-refractivity contribution in [2.24, 2.45) is 0 Å². The molecule has 144 valence electrons.